The smallest absolute Gasteiger partial charge is 0.135 e. The van der Waals surface area contributed by atoms with E-state index in [1.807, 2.05) is 6.07 Å². The molecule has 2 nitrogen and oxygen atoms in total. The molecule has 0 saturated carbocycles. The zero-order valence-corrected chi connectivity index (χ0v) is 15.8. The first-order valence-corrected chi connectivity index (χ1v) is 9.59. The van der Waals surface area contributed by atoms with E-state index in [2.05, 4.69) is 69.9 Å². The van der Waals surface area contributed by atoms with Crippen molar-refractivity contribution in [3.8, 4) is 0 Å². The lowest BCUT2D eigenvalue weighted by molar-refractivity contribution is 0.112. The molecule has 130 valence electrons. The standard InChI is InChI=1S/C23H27NO/c1-13-10-21-19(17-8-6-7-9-20(17)25-21)11-18(13)22-16(4)24-12-23(22,5)14(2)15(24)3/h6-11,14-16,22H,12H2,1-5H3. The van der Waals surface area contributed by atoms with Crippen LogP contribution in [0, 0.1) is 18.3 Å². The lowest BCUT2D eigenvalue weighted by Gasteiger charge is -2.44. The van der Waals surface area contributed by atoms with Crippen LogP contribution in [-0.4, -0.2) is 23.5 Å². The van der Waals surface area contributed by atoms with E-state index < -0.39 is 0 Å². The van der Waals surface area contributed by atoms with Gasteiger partial charge in [-0.2, -0.15) is 0 Å². The van der Waals surface area contributed by atoms with Crippen molar-refractivity contribution in [3.05, 3.63) is 47.5 Å². The molecule has 3 aromatic rings. The topological polar surface area (TPSA) is 16.4 Å². The van der Waals surface area contributed by atoms with Crippen molar-refractivity contribution in [1.82, 2.24) is 4.90 Å². The molecule has 5 rings (SSSR count). The molecule has 2 aliphatic heterocycles. The predicted octanol–water partition coefficient (Wildman–Crippen LogP) is 5.73. The molecule has 2 heteroatoms. The highest BCUT2D eigenvalue weighted by atomic mass is 16.3. The highest BCUT2D eigenvalue weighted by molar-refractivity contribution is 6.05. The molecule has 6 unspecified atom stereocenters. The van der Waals surface area contributed by atoms with Gasteiger partial charge in [0, 0.05) is 35.3 Å². The van der Waals surface area contributed by atoms with Gasteiger partial charge in [-0.1, -0.05) is 32.0 Å². The van der Waals surface area contributed by atoms with Gasteiger partial charge >= 0.3 is 0 Å². The van der Waals surface area contributed by atoms with Crippen molar-refractivity contribution < 1.29 is 4.42 Å². The van der Waals surface area contributed by atoms with Gasteiger partial charge in [-0.3, -0.25) is 4.90 Å². The Morgan fingerprint density at radius 2 is 1.76 bits per heavy atom. The lowest BCUT2D eigenvalue weighted by Crippen LogP contribution is -2.45. The molecule has 2 saturated heterocycles. The second-order valence-corrected chi connectivity index (χ2v) is 8.73. The molecule has 0 aliphatic carbocycles. The number of nitrogens with zero attached hydrogens (tertiary/aromatic N) is 1. The number of furan rings is 1. The summed E-state index contributed by atoms with van der Waals surface area (Å²) in [5.41, 5.74) is 5.27. The van der Waals surface area contributed by atoms with Crippen LogP contribution in [0.2, 0.25) is 0 Å². The second-order valence-electron chi connectivity index (χ2n) is 8.73. The molecule has 6 atom stereocenters. The van der Waals surface area contributed by atoms with E-state index >= 15 is 0 Å². The van der Waals surface area contributed by atoms with Gasteiger partial charge in [-0.25, -0.2) is 0 Å². The first-order chi connectivity index (χ1) is 11.9. The van der Waals surface area contributed by atoms with Crippen LogP contribution in [0.15, 0.2) is 40.8 Å². The Labute approximate surface area is 149 Å². The van der Waals surface area contributed by atoms with Crippen molar-refractivity contribution in [3.63, 3.8) is 0 Å². The van der Waals surface area contributed by atoms with E-state index in [0.29, 0.717) is 23.4 Å². The van der Waals surface area contributed by atoms with E-state index in [9.17, 15) is 0 Å². The fourth-order valence-corrected chi connectivity index (χ4v) is 6.00. The van der Waals surface area contributed by atoms with Gasteiger partial charge < -0.3 is 4.42 Å². The molecule has 0 radical (unpaired) electrons. The summed E-state index contributed by atoms with van der Waals surface area (Å²) in [5.74, 6) is 1.32. The maximum Gasteiger partial charge on any atom is 0.135 e. The zero-order valence-electron chi connectivity index (χ0n) is 15.8. The molecule has 2 aliphatic rings. The minimum atomic E-state index is 0.358. The second kappa shape index (κ2) is 4.88. The van der Waals surface area contributed by atoms with Crippen LogP contribution in [0.4, 0.5) is 0 Å². The van der Waals surface area contributed by atoms with E-state index in [-0.39, 0.29) is 0 Å². The van der Waals surface area contributed by atoms with E-state index in [1.54, 1.807) is 0 Å². The molecule has 1 aromatic heterocycles. The summed E-state index contributed by atoms with van der Waals surface area (Å²) in [4.78, 5) is 2.73. The Balaban J connectivity index is 1.73. The molecule has 2 fully saturated rings. The number of hydrogen-bond donors (Lipinski definition) is 0. The average molecular weight is 333 g/mol. The first-order valence-electron chi connectivity index (χ1n) is 9.59. The van der Waals surface area contributed by atoms with E-state index in [0.717, 1.165) is 17.1 Å². The monoisotopic (exact) mass is 333 g/mol. The molecule has 0 amide bonds. The van der Waals surface area contributed by atoms with Gasteiger partial charge in [-0.05, 0) is 61.4 Å². The molecule has 2 bridgehead atoms. The first kappa shape index (κ1) is 15.5. The van der Waals surface area contributed by atoms with Gasteiger partial charge in [0.05, 0.1) is 0 Å². The van der Waals surface area contributed by atoms with Gasteiger partial charge in [-0.15, -0.1) is 0 Å². The van der Waals surface area contributed by atoms with Crippen LogP contribution >= 0.6 is 0 Å². The van der Waals surface area contributed by atoms with Crippen molar-refractivity contribution >= 4 is 21.9 Å². The largest absolute Gasteiger partial charge is 0.456 e. The number of fused-ring (bicyclic) bond motifs is 5. The van der Waals surface area contributed by atoms with Crippen molar-refractivity contribution in [2.75, 3.05) is 6.54 Å². The molecule has 0 N–H and O–H groups in total. The maximum absolute atomic E-state index is 6.09. The SMILES string of the molecule is Cc1cc2oc3ccccc3c2cc1C1C(C)N2CC1(C)C(C)C2C. The van der Waals surface area contributed by atoms with Crippen LogP contribution in [0.3, 0.4) is 0 Å². The molecule has 25 heavy (non-hydrogen) atoms. The fourth-order valence-electron chi connectivity index (χ4n) is 6.00. The normalized spacial score (nSPS) is 37.4. The Morgan fingerprint density at radius 3 is 2.52 bits per heavy atom. The lowest BCUT2D eigenvalue weighted by atomic mass is 9.63. The van der Waals surface area contributed by atoms with E-state index in [4.69, 9.17) is 4.42 Å². The Hall–Kier alpha value is -1.80. The molecule has 2 aromatic carbocycles. The van der Waals surface area contributed by atoms with Crippen molar-refractivity contribution in [2.24, 2.45) is 11.3 Å². The molecule has 0 spiro atoms. The van der Waals surface area contributed by atoms with Crippen LogP contribution in [0.5, 0.6) is 0 Å². The highest BCUT2D eigenvalue weighted by Crippen LogP contribution is 2.59. The van der Waals surface area contributed by atoms with Crippen LogP contribution < -0.4 is 0 Å². The summed E-state index contributed by atoms with van der Waals surface area (Å²) in [5, 5.41) is 2.51. The van der Waals surface area contributed by atoms with E-state index in [1.165, 1.54) is 28.4 Å². The summed E-state index contributed by atoms with van der Waals surface area (Å²) in [7, 11) is 0. The molecular weight excluding hydrogens is 306 g/mol. The number of hydrogen-bond acceptors (Lipinski definition) is 2. The summed E-state index contributed by atoms with van der Waals surface area (Å²) >= 11 is 0. The Morgan fingerprint density at radius 1 is 1.00 bits per heavy atom. The third-order valence-corrected chi connectivity index (χ3v) is 7.63. The highest BCUT2D eigenvalue weighted by Gasteiger charge is 2.59. The minimum Gasteiger partial charge on any atom is -0.456 e. The van der Waals surface area contributed by atoms with Crippen LogP contribution in [-0.2, 0) is 0 Å². The average Bonchev–Trinajstić information content (AvgIpc) is 3.15. The third-order valence-electron chi connectivity index (χ3n) is 7.63. The van der Waals surface area contributed by atoms with Gasteiger partial charge in [0.2, 0.25) is 0 Å². The molecule has 3 heterocycles. The minimum absolute atomic E-state index is 0.358. The van der Waals surface area contributed by atoms with Crippen LogP contribution in [0.1, 0.15) is 44.7 Å². The number of para-hydroxylation sites is 1. The number of piperidine rings is 1. The van der Waals surface area contributed by atoms with Gasteiger partial charge in [0.1, 0.15) is 11.2 Å². The summed E-state index contributed by atoms with van der Waals surface area (Å²) in [6.07, 6.45) is 0. The van der Waals surface area contributed by atoms with Gasteiger partial charge in [0.25, 0.3) is 0 Å². The fraction of sp³-hybridized carbons (Fsp3) is 0.478. The quantitative estimate of drug-likeness (QED) is 0.566. The predicted molar refractivity (Wildman–Crippen MR) is 104 cm³/mol. The van der Waals surface area contributed by atoms with Crippen molar-refractivity contribution in [1.29, 1.82) is 0 Å². The number of rotatable bonds is 1. The summed E-state index contributed by atoms with van der Waals surface area (Å²) < 4.78 is 6.09. The zero-order chi connectivity index (χ0) is 17.5. The van der Waals surface area contributed by atoms with Gasteiger partial charge in [0.15, 0.2) is 0 Å². The number of aryl methyl sites for hydroxylation is 1. The Bertz CT molecular complexity index is 986. The summed E-state index contributed by atoms with van der Waals surface area (Å²) in [6.45, 7) is 13.3. The van der Waals surface area contributed by atoms with Crippen LogP contribution in [0.25, 0.3) is 21.9 Å². The van der Waals surface area contributed by atoms with Crippen molar-refractivity contribution in [2.45, 2.75) is 52.6 Å². The third kappa shape index (κ3) is 1.84. The number of benzene rings is 2. The Kier molecular flexibility index (Phi) is 3.02. The summed E-state index contributed by atoms with van der Waals surface area (Å²) in [6, 6.07) is 14.4. The molecular formula is C23H27NO. The maximum atomic E-state index is 6.09.